The van der Waals surface area contributed by atoms with E-state index >= 15 is 0 Å². The van der Waals surface area contributed by atoms with Gasteiger partial charge in [0.1, 0.15) is 0 Å². The number of anilines is 1. The minimum absolute atomic E-state index is 0.597. The summed E-state index contributed by atoms with van der Waals surface area (Å²) >= 11 is 0. The molecule has 52 heavy (non-hydrogen) atoms. The third kappa shape index (κ3) is 4.88. The molecule has 0 radical (unpaired) electrons. The number of rotatable bonds is 6. The van der Waals surface area contributed by atoms with Gasteiger partial charge in [-0.2, -0.15) is 0 Å². The zero-order valence-electron chi connectivity index (χ0n) is 28.4. The van der Waals surface area contributed by atoms with E-state index in [0.29, 0.717) is 12.2 Å². The first-order valence-electron chi connectivity index (χ1n) is 17.7. The van der Waals surface area contributed by atoms with Crippen LogP contribution in [0, 0.1) is 0 Å². The number of hydrogen-bond donors (Lipinski definition) is 1. The van der Waals surface area contributed by atoms with Crippen LogP contribution >= 0.6 is 0 Å². The van der Waals surface area contributed by atoms with Crippen molar-refractivity contribution in [2.24, 2.45) is 4.99 Å². The van der Waals surface area contributed by atoms with Gasteiger partial charge in [-0.05, 0) is 88.1 Å². The molecule has 0 spiro atoms. The van der Waals surface area contributed by atoms with Crippen LogP contribution < -0.4 is 5.73 Å². The summed E-state index contributed by atoms with van der Waals surface area (Å²) in [5.41, 5.74) is 18.1. The van der Waals surface area contributed by atoms with Crippen LogP contribution in [0.4, 0.5) is 11.4 Å². The Labute approximate surface area is 301 Å². The van der Waals surface area contributed by atoms with E-state index in [4.69, 9.17) is 10.7 Å². The number of nitrogen functional groups attached to an aromatic ring is 1. The van der Waals surface area contributed by atoms with Crippen LogP contribution in [-0.2, 0) is 6.54 Å². The Bertz CT molecular complexity index is 2990. The van der Waals surface area contributed by atoms with Crippen molar-refractivity contribution in [3.05, 3.63) is 188 Å². The number of nitrogens with two attached hydrogens (primary N) is 1. The van der Waals surface area contributed by atoms with Crippen LogP contribution in [0.1, 0.15) is 5.56 Å². The van der Waals surface area contributed by atoms with Crippen molar-refractivity contribution in [1.29, 1.82) is 0 Å². The fourth-order valence-electron chi connectivity index (χ4n) is 7.94. The summed E-state index contributed by atoms with van der Waals surface area (Å²) in [6, 6.07) is 64.7. The number of hydrogen-bond acceptors (Lipinski definition) is 2. The van der Waals surface area contributed by atoms with E-state index in [0.717, 1.165) is 22.6 Å². The lowest BCUT2D eigenvalue weighted by Crippen LogP contribution is -2.11. The van der Waals surface area contributed by atoms with Gasteiger partial charge in [0.25, 0.3) is 0 Å². The number of aliphatic imine (C=N–C) groups is 1. The highest BCUT2D eigenvalue weighted by Crippen LogP contribution is 2.40. The molecule has 4 nitrogen and oxygen atoms in total. The molecule has 0 bridgehead atoms. The Morgan fingerprint density at radius 3 is 1.90 bits per heavy atom. The predicted molar refractivity (Wildman–Crippen MR) is 220 cm³/mol. The maximum Gasteiger partial charge on any atom is 0.0863 e. The van der Waals surface area contributed by atoms with Crippen molar-refractivity contribution < 1.29 is 0 Å². The van der Waals surface area contributed by atoms with Crippen molar-refractivity contribution in [3.8, 4) is 16.8 Å². The maximum atomic E-state index is 6.38. The first kappa shape index (κ1) is 30.0. The molecule has 2 aromatic heterocycles. The molecule has 0 fully saturated rings. The van der Waals surface area contributed by atoms with Gasteiger partial charge in [0, 0.05) is 38.3 Å². The summed E-state index contributed by atoms with van der Waals surface area (Å²) in [5, 5.41) is 7.48. The van der Waals surface area contributed by atoms with Crippen molar-refractivity contribution >= 4 is 71.5 Å². The molecule has 10 rings (SSSR count). The highest BCUT2D eigenvalue weighted by Gasteiger charge is 2.18. The molecule has 2 heterocycles. The van der Waals surface area contributed by atoms with Gasteiger partial charge >= 0.3 is 0 Å². The standard InChI is InChI=1S/C48H34N4/c49-41-20-10-11-21-42(41)50-43(33-14-3-1-4-15-33)31-51-44-22-12-9-19-38(44)39-29-34(24-26-45(39)51)35-25-27-46-40(30-35)48-37-18-8-7-13-32(37)23-28-47(48)52(46)36-16-5-2-6-17-36/h1-30H,31,49H2. The molecule has 0 unspecified atom stereocenters. The summed E-state index contributed by atoms with van der Waals surface area (Å²) in [6.45, 7) is 0.597. The van der Waals surface area contributed by atoms with Gasteiger partial charge in [0.2, 0.25) is 0 Å². The van der Waals surface area contributed by atoms with E-state index in [1.165, 1.54) is 65.5 Å². The lowest BCUT2D eigenvalue weighted by Gasteiger charge is -2.13. The summed E-state index contributed by atoms with van der Waals surface area (Å²) < 4.78 is 4.79. The summed E-state index contributed by atoms with van der Waals surface area (Å²) in [4.78, 5) is 5.15. The number of para-hydroxylation sites is 4. The monoisotopic (exact) mass is 666 g/mol. The molecule has 246 valence electrons. The Morgan fingerprint density at radius 1 is 0.481 bits per heavy atom. The van der Waals surface area contributed by atoms with Crippen molar-refractivity contribution in [3.63, 3.8) is 0 Å². The van der Waals surface area contributed by atoms with E-state index in [1.807, 2.05) is 30.3 Å². The molecule has 0 saturated carbocycles. The van der Waals surface area contributed by atoms with E-state index in [-0.39, 0.29) is 0 Å². The predicted octanol–water partition coefficient (Wildman–Crippen LogP) is 12.1. The first-order valence-corrected chi connectivity index (χ1v) is 17.7. The normalized spacial score (nSPS) is 12.1. The smallest absolute Gasteiger partial charge is 0.0863 e. The van der Waals surface area contributed by atoms with E-state index < -0.39 is 0 Å². The third-order valence-electron chi connectivity index (χ3n) is 10.4. The molecule has 8 aromatic carbocycles. The minimum Gasteiger partial charge on any atom is -0.397 e. The average Bonchev–Trinajstić information content (AvgIpc) is 3.71. The van der Waals surface area contributed by atoms with E-state index in [9.17, 15) is 0 Å². The lowest BCUT2D eigenvalue weighted by atomic mass is 9.99. The van der Waals surface area contributed by atoms with Crippen LogP contribution in [0.5, 0.6) is 0 Å². The van der Waals surface area contributed by atoms with Crippen LogP contribution in [0.25, 0.3) is 71.2 Å². The number of benzene rings is 8. The van der Waals surface area contributed by atoms with Gasteiger partial charge in [0.15, 0.2) is 0 Å². The van der Waals surface area contributed by atoms with Gasteiger partial charge in [-0.15, -0.1) is 0 Å². The third-order valence-corrected chi connectivity index (χ3v) is 10.4. The van der Waals surface area contributed by atoms with Crippen LogP contribution in [0.15, 0.2) is 187 Å². The Hall–Kier alpha value is -6.91. The van der Waals surface area contributed by atoms with Gasteiger partial charge < -0.3 is 14.9 Å². The van der Waals surface area contributed by atoms with Crippen LogP contribution in [0.2, 0.25) is 0 Å². The largest absolute Gasteiger partial charge is 0.397 e. The summed E-state index contributed by atoms with van der Waals surface area (Å²) in [7, 11) is 0. The molecule has 0 saturated heterocycles. The van der Waals surface area contributed by atoms with E-state index in [1.54, 1.807) is 0 Å². The summed E-state index contributed by atoms with van der Waals surface area (Å²) in [5.74, 6) is 0. The van der Waals surface area contributed by atoms with Crippen LogP contribution in [-0.4, -0.2) is 14.8 Å². The highest BCUT2D eigenvalue weighted by atomic mass is 15.0. The molecular formula is C48H34N4. The fraction of sp³-hybridized carbons (Fsp3) is 0.0208. The van der Waals surface area contributed by atoms with Gasteiger partial charge in [-0.1, -0.05) is 121 Å². The fourth-order valence-corrected chi connectivity index (χ4v) is 7.94. The van der Waals surface area contributed by atoms with Gasteiger partial charge in [0.05, 0.1) is 34.7 Å². The SMILES string of the molecule is Nc1ccccc1N=C(Cn1c2ccccc2c2cc(-c3ccc4c(c3)c3c5ccccc5ccc3n4-c3ccccc3)ccc21)c1ccccc1. The Balaban J connectivity index is 1.16. The molecule has 0 aliphatic carbocycles. The zero-order chi connectivity index (χ0) is 34.6. The molecule has 10 aromatic rings. The molecule has 0 amide bonds. The molecule has 0 aliphatic heterocycles. The maximum absolute atomic E-state index is 6.38. The second-order valence-electron chi connectivity index (χ2n) is 13.4. The van der Waals surface area contributed by atoms with Crippen molar-refractivity contribution in [2.45, 2.75) is 6.54 Å². The highest BCUT2D eigenvalue weighted by molar-refractivity contribution is 6.22. The quantitative estimate of drug-likeness (QED) is 0.139. The van der Waals surface area contributed by atoms with Crippen molar-refractivity contribution in [1.82, 2.24) is 9.13 Å². The number of nitrogens with zero attached hydrogens (tertiary/aromatic N) is 3. The van der Waals surface area contributed by atoms with Gasteiger partial charge in [-0.3, -0.25) is 0 Å². The second kappa shape index (κ2) is 12.1. The number of aromatic nitrogens is 2. The van der Waals surface area contributed by atoms with Gasteiger partial charge in [-0.25, -0.2) is 4.99 Å². The number of fused-ring (bicyclic) bond motifs is 8. The summed E-state index contributed by atoms with van der Waals surface area (Å²) in [6.07, 6.45) is 0. The molecule has 2 N–H and O–H groups in total. The first-order chi connectivity index (χ1) is 25.7. The zero-order valence-corrected chi connectivity index (χ0v) is 28.4. The second-order valence-corrected chi connectivity index (χ2v) is 13.4. The molecular weight excluding hydrogens is 633 g/mol. The van der Waals surface area contributed by atoms with Crippen LogP contribution in [0.3, 0.4) is 0 Å². The van der Waals surface area contributed by atoms with E-state index in [2.05, 4.69) is 161 Å². The molecule has 0 atom stereocenters. The Kier molecular flexibility index (Phi) is 7.00. The average molecular weight is 667 g/mol. The Morgan fingerprint density at radius 2 is 1.10 bits per heavy atom. The minimum atomic E-state index is 0.597. The topological polar surface area (TPSA) is 48.2 Å². The van der Waals surface area contributed by atoms with Crippen molar-refractivity contribution in [2.75, 3.05) is 5.73 Å². The lowest BCUT2D eigenvalue weighted by molar-refractivity contribution is 0.934. The molecule has 0 aliphatic rings. The molecule has 4 heteroatoms.